The van der Waals surface area contributed by atoms with Gasteiger partial charge in [-0.15, -0.1) is 0 Å². The zero-order valence-corrected chi connectivity index (χ0v) is 15.9. The first-order valence-corrected chi connectivity index (χ1v) is 9.16. The van der Waals surface area contributed by atoms with Gasteiger partial charge in [0, 0.05) is 29.8 Å². The number of rotatable bonds is 4. The second-order valence-corrected chi connectivity index (χ2v) is 7.30. The maximum absolute atomic E-state index is 12.6. The SMILES string of the molecule is Cc1ccc(NC(=O)C2CCCN(c3ccc(Br)cc3[N+](=O)[O-])C2)nc1. The number of benzene rings is 1. The van der Waals surface area contributed by atoms with Crippen molar-refractivity contribution in [1.82, 2.24) is 4.98 Å². The van der Waals surface area contributed by atoms with E-state index in [4.69, 9.17) is 0 Å². The maximum Gasteiger partial charge on any atom is 0.293 e. The number of aromatic nitrogens is 1. The summed E-state index contributed by atoms with van der Waals surface area (Å²) in [6.07, 6.45) is 3.25. The molecule has 2 heterocycles. The number of nitrogens with zero attached hydrogens (tertiary/aromatic N) is 3. The smallest absolute Gasteiger partial charge is 0.293 e. The third-order valence-corrected chi connectivity index (χ3v) is 4.92. The van der Waals surface area contributed by atoms with Crippen molar-refractivity contribution < 1.29 is 9.72 Å². The van der Waals surface area contributed by atoms with Crippen molar-refractivity contribution in [3.05, 3.63) is 56.7 Å². The van der Waals surface area contributed by atoms with Gasteiger partial charge in [-0.1, -0.05) is 22.0 Å². The number of nitro benzene ring substituents is 1. The number of hydrogen-bond donors (Lipinski definition) is 1. The Bertz CT molecular complexity index is 826. The predicted octanol–water partition coefficient (Wildman–Crippen LogP) is 3.92. The number of pyridine rings is 1. The van der Waals surface area contributed by atoms with Gasteiger partial charge in [0.2, 0.25) is 5.91 Å². The largest absolute Gasteiger partial charge is 0.365 e. The molecule has 1 saturated heterocycles. The van der Waals surface area contributed by atoms with E-state index in [1.165, 1.54) is 6.07 Å². The molecule has 7 nitrogen and oxygen atoms in total. The molecular formula is C18H19BrN4O3. The first-order chi connectivity index (χ1) is 12.4. The number of halogens is 1. The van der Waals surface area contributed by atoms with Crippen LogP contribution in [0.4, 0.5) is 17.2 Å². The van der Waals surface area contributed by atoms with Gasteiger partial charge in [-0.05, 0) is 43.5 Å². The number of nitrogens with one attached hydrogen (secondary N) is 1. The lowest BCUT2D eigenvalue weighted by Gasteiger charge is -2.33. The topological polar surface area (TPSA) is 88.4 Å². The molecule has 1 aliphatic rings. The molecule has 1 amide bonds. The Morgan fingerprint density at radius 3 is 2.88 bits per heavy atom. The van der Waals surface area contributed by atoms with Crippen molar-refractivity contribution in [2.24, 2.45) is 5.92 Å². The summed E-state index contributed by atoms with van der Waals surface area (Å²) in [7, 11) is 0. The molecular weight excluding hydrogens is 400 g/mol. The number of nitro groups is 1. The minimum atomic E-state index is -0.389. The van der Waals surface area contributed by atoms with Crippen LogP contribution in [0, 0.1) is 23.0 Å². The van der Waals surface area contributed by atoms with E-state index in [9.17, 15) is 14.9 Å². The number of anilines is 2. The molecule has 2 aromatic rings. The van der Waals surface area contributed by atoms with E-state index in [0.717, 1.165) is 18.4 Å². The van der Waals surface area contributed by atoms with Gasteiger partial charge in [-0.3, -0.25) is 14.9 Å². The molecule has 1 aliphatic heterocycles. The lowest BCUT2D eigenvalue weighted by Crippen LogP contribution is -2.41. The van der Waals surface area contributed by atoms with Crippen molar-refractivity contribution in [2.75, 3.05) is 23.3 Å². The van der Waals surface area contributed by atoms with E-state index in [2.05, 4.69) is 26.2 Å². The highest BCUT2D eigenvalue weighted by molar-refractivity contribution is 9.10. The number of piperidine rings is 1. The molecule has 1 fully saturated rings. The molecule has 3 rings (SSSR count). The number of aryl methyl sites for hydroxylation is 1. The molecule has 1 unspecified atom stereocenters. The number of carbonyl (C=O) groups excluding carboxylic acids is 1. The van der Waals surface area contributed by atoms with Crippen molar-refractivity contribution in [3.8, 4) is 0 Å². The molecule has 1 atom stereocenters. The van der Waals surface area contributed by atoms with Crippen LogP contribution < -0.4 is 10.2 Å². The van der Waals surface area contributed by atoms with Crippen LogP contribution in [0.5, 0.6) is 0 Å². The van der Waals surface area contributed by atoms with Crippen LogP contribution in [-0.2, 0) is 4.79 Å². The monoisotopic (exact) mass is 418 g/mol. The van der Waals surface area contributed by atoms with Crippen LogP contribution in [0.15, 0.2) is 41.0 Å². The van der Waals surface area contributed by atoms with Crippen molar-refractivity contribution in [2.45, 2.75) is 19.8 Å². The van der Waals surface area contributed by atoms with Crippen LogP contribution in [0.1, 0.15) is 18.4 Å². The summed E-state index contributed by atoms with van der Waals surface area (Å²) in [5.41, 5.74) is 1.61. The molecule has 136 valence electrons. The van der Waals surface area contributed by atoms with E-state index in [-0.39, 0.29) is 22.4 Å². The average Bonchev–Trinajstić information content (AvgIpc) is 2.63. The van der Waals surface area contributed by atoms with Gasteiger partial charge in [0.05, 0.1) is 10.8 Å². The predicted molar refractivity (Wildman–Crippen MR) is 103 cm³/mol. The van der Waals surface area contributed by atoms with Crippen LogP contribution in [0.2, 0.25) is 0 Å². The van der Waals surface area contributed by atoms with Crippen LogP contribution in [-0.4, -0.2) is 28.9 Å². The fourth-order valence-corrected chi connectivity index (χ4v) is 3.44. The Labute approximate surface area is 159 Å². The van der Waals surface area contributed by atoms with Gasteiger partial charge >= 0.3 is 0 Å². The summed E-state index contributed by atoms with van der Waals surface area (Å²) in [5, 5.41) is 14.2. The zero-order valence-electron chi connectivity index (χ0n) is 14.3. The molecule has 1 aromatic heterocycles. The quantitative estimate of drug-likeness (QED) is 0.600. The summed E-state index contributed by atoms with van der Waals surface area (Å²) < 4.78 is 0.657. The van der Waals surface area contributed by atoms with E-state index in [1.807, 2.05) is 17.9 Å². The minimum Gasteiger partial charge on any atom is -0.365 e. The van der Waals surface area contributed by atoms with Crippen LogP contribution in [0.25, 0.3) is 0 Å². The maximum atomic E-state index is 12.6. The summed E-state index contributed by atoms with van der Waals surface area (Å²) in [4.78, 5) is 29.7. The highest BCUT2D eigenvalue weighted by atomic mass is 79.9. The van der Waals surface area contributed by atoms with Crippen molar-refractivity contribution >= 4 is 39.0 Å². The van der Waals surface area contributed by atoms with Crippen LogP contribution in [0.3, 0.4) is 0 Å². The molecule has 1 aromatic carbocycles. The molecule has 0 radical (unpaired) electrons. The number of hydrogen-bond acceptors (Lipinski definition) is 5. The molecule has 1 N–H and O–H groups in total. The Morgan fingerprint density at radius 2 is 2.19 bits per heavy atom. The van der Waals surface area contributed by atoms with Gasteiger partial charge in [0.25, 0.3) is 5.69 Å². The summed E-state index contributed by atoms with van der Waals surface area (Å²) in [6.45, 7) is 3.07. The molecule has 0 saturated carbocycles. The fourth-order valence-electron chi connectivity index (χ4n) is 3.09. The Morgan fingerprint density at radius 1 is 1.38 bits per heavy atom. The number of carbonyl (C=O) groups is 1. The molecule has 8 heteroatoms. The third-order valence-electron chi connectivity index (χ3n) is 4.43. The van der Waals surface area contributed by atoms with Gasteiger partial charge in [-0.25, -0.2) is 4.98 Å². The van der Waals surface area contributed by atoms with E-state index >= 15 is 0 Å². The van der Waals surface area contributed by atoms with Crippen molar-refractivity contribution in [3.63, 3.8) is 0 Å². The second kappa shape index (κ2) is 7.82. The lowest BCUT2D eigenvalue weighted by atomic mass is 9.96. The van der Waals surface area contributed by atoms with E-state index in [0.29, 0.717) is 29.1 Å². The summed E-state index contributed by atoms with van der Waals surface area (Å²) in [6, 6.07) is 8.66. The standard InChI is InChI=1S/C18H19BrN4O3/c1-12-4-7-17(20-10-12)21-18(24)13-3-2-8-22(11-13)15-6-5-14(19)9-16(15)23(25)26/h4-7,9-10,13H,2-3,8,11H2,1H3,(H,20,21,24). The zero-order chi connectivity index (χ0) is 18.7. The summed E-state index contributed by atoms with van der Waals surface area (Å²) >= 11 is 3.27. The van der Waals surface area contributed by atoms with E-state index < -0.39 is 0 Å². The highest BCUT2D eigenvalue weighted by Crippen LogP contribution is 2.34. The highest BCUT2D eigenvalue weighted by Gasteiger charge is 2.29. The minimum absolute atomic E-state index is 0.0423. The van der Waals surface area contributed by atoms with Gasteiger partial charge < -0.3 is 10.2 Å². The number of amides is 1. The normalized spacial score (nSPS) is 17.0. The van der Waals surface area contributed by atoms with Gasteiger partial charge in [0.15, 0.2) is 0 Å². The van der Waals surface area contributed by atoms with E-state index in [1.54, 1.807) is 24.4 Å². The first kappa shape index (κ1) is 18.3. The van der Waals surface area contributed by atoms with Crippen molar-refractivity contribution in [1.29, 1.82) is 0 Å². The average molecular weight is 419 g/mol. The third kappa shape index (κ3) is 4.19. The first-order valence-electron chi connectivity index (χ1n) is 8.36. The molecule has 0 bridgehead atoms. The Hall–Kier alpha value is -2.48. The van der Waals surface area contributed by atoms with Gasteiger partial charge in [0.1, 0.15) is 11.5 Å². The fraction of sp³-hybridized carbons (Fsp3) is 0.333. The Balaban J connectivity index is 1.74. The Kier molecular flexibility index (Phi) is 5.51. The molecule has 26 heavy (non-hydrogen) atoms. The lowest BCUT2D eigenvalue weighted by molar-refractivity contribution is -0.384. The molecule has 0 spiro atoms. The second-order valence-electron chi connectivity index (χ2n) is 6.39. The van der Waals surface area contributed by atoms with Crippen LogP contribution >= 0.6 is 15.9 Å². The molecule has 0 aliphatic carbocycles. The summed E-state index contributed by atoms with van der Waals surface area (Å²) in [5.74, 6) is 0.174. The van der Waals surface area contributed by atoms with Gasteiger partial charge in [-0.2, -0.15) is 0 Å².